The van der Waals surface area contributed by atoms with E-state index in [0.717, 1.165) is 33.5 Å². The minimum Gasteiger partial charge on any atom is -0.507 e. The number of halogens is 1. The summed E-state index contributed by atoms with van der Waals surface area (Å²) in [6.07, 6.45) is 0.315. The highest BCUT2D eigenvalue weighted by molar-refractivity contribution is 9.10. The number of benzene rings is 3. The molecule has 0 fully saturated rings. The molecule has 0 radical (unpaired) electrons. The first-order valence-electron chi connectivity index (χ1n) is 9.27. The van der Waals surface area contributed by atoms with Crippen molar-refractivity contribution in [1.29, 1.82) is 0 Å². The van der Waals surface area contributed by atoms with Gasteiger partial charge in [0.15, 0.2) is 0 Å². The fourth-order valence-electron chi connectivity index (χ4n) is 3.88. The van der Waals surface area contributed by atoms with Gasteiger partial charge >= 0.3 is 0 Å². The van der Waals surface area contributed by atoms with Gasteiger partial charge in [0.05, 0.1) is 17.3 Å². The molecule has 0 spiro atoms. The highest BCUT2D eigenvalue weighted by atomic mass is 79.9. The Hall–Kier alpha value is -2.79. The standard InChI is InChI=1S/C23H19BrN2O2/c1-14-6-8-15(9-7-14)19-13-20-17-4-2-3-5-22(17)28-23(26(20)25-19)18-12-16(24)10-11-21(18)27/h2-12,20,23,27H,13H2,1H3/t20-,23+/m0/s1. The van der Waals surface area contributed by atoms with Crippen LogP contribution >= 0.6 is 15.9 Å². The van der Waals surface area contributed by atoms with Crippen molar-refractivity contribution in [3.63, 3.8) is 0 Å². The number of fused-ring (bicyclic) bond motifs is 3. The van der Waals surface area contributed by atoms with Crippen LogP contribution in [-0.4, -0.2) is 15.8 Å². The van der Waals surface area contributed by atoms with Crippen LogP contribution in [-0.2, 0) is 0 Å². The smallest absolute Gasteiger partial charge is 0.217 e. The fourth-order valence-corrected chi connectivity index (χ4v) is 4.26. The number of hydrazone groups is 1. The molecule has 3 aromatic carbocycles. The first-order valence-corrected chi connectivity index (χ1v) is 10.1. The number of phenolic OH excluding ortho intramolecular Hbond substituents is 1. The largest absolute Gasteiger partial charge is 0.507 e. The SMILES string of the molecule is Cc1ccc(C2=NN3[C@@H](c4cc(Br)ccc4O)Oc4ccccc4[C@@H]3C2)cc1. The zero-order valence-electron chi connectivity index (χ0n) is 15.3. The molecule has 0 bridgehead atoms. The molecule has 5 rings (SSSR count). The van der Waals surface area contributed by atoms with Crippen molar-refractivity contribution in [2.24, 2.45) is 5.10 Å². The van der Waals surface area contributed by atoms with Gasteiger partial charge in [0.2, 0.25) is 6.23 Å². The molecule has 2 aliphatic rings. The number of para-hydroxylation sites is 1. The molecule has 0 saturated heterocycles. The Kier molecular flexibility index (Phi) is 4.13. The molecular formula is C23H19BrN2O2. The highest BCUT2D eigenvalue weighted by Crippen LogP contribution is 2.48. The van der Waals surface area contributed by atoms with Crippen LogP contribution in [0.5, 0.6) is 11.5 Å². The van der Waals surface area contributed by atoms with Gasteiger partial charge in [-0.3, -0.25) is 0 Å². The highest BCUT2D eigenvalue weighted by Gasteiger charge is 2.41. The van der Waals surface area contributed by atoms with Crippen LogP contribution in [0.25, 0.3) is 0 Å². The lowest BCUT2D eigenvalue weighted by Gasteiger charge is -2.38. The van der Waals surface area contributed by atoms with E-state index in [1.165, 1.54) is 5.56 Å². The zero-order chi connectivity index (χ0) is 19.3. The number of aryl methyl sites for hydroxylation is 1. The van der Waals surface area contributed by atoms with E-state index >= 15 is 0 Å². The molecular weight excluding hydrogens is 416 g/mol. The van der Waals surface area contributed by atoms with Crippen LogP contribution in [0, 0.1) is 6.92 Å². The monoisotopic (exact) mass is 434 g/mol. The first kappa shape index (κ1) is 17.3. The van der Waals surface area contributed by atoms with Crippen LogP contribution in [0.1, 0.15) is 40.9 Å². The molecule has 4 nitrogen and oxygen atoms in total. The third kappa shape index (κ3) is 2.87. The average molecular weight is 435 g/mol. The molecule has 0 aliphatic carbocycles. The first-order chi connectivity index (χ1) is 13.6. The van der Waals surface area contributed by atoms with Crippen LogP contribution < -0.4 is 4.74 Å². The summed E-state index contributed by atoms with van der Waals surface area (Å²) in [5.41, 5.74) is 5.20. The van der Waals surface area contributed by atoms with Gasteiger partial charge in [0.1, 0.15) is 11.5 Å². The Morgan fingerprint density at radius 2 is 1.82 bits per heavy atom. The van der Waals surface area contributed by atoms with Crippen molar-refractivity contribution in [3.8, 4) is 11.5 Å². The second-order valence-corrected chi connectivity index (χ2v) is 8.14. The molecule has 5 heteroatoms. The molecule has 0 unspecified atom stereocenters. The van der Waals surface area contributed by atoms with Crippen LogP contribution in [0.4, 0.5) is 0 Å². The molecule has 2 atom stereocenters. The molecule has 140 valence electrons. The van der Waals surface area contributed by atoms with E-state index < -0.39 is 6.23 Å². The van der Waals surface area contributed by atoms with Crippen LogP contribution in [0.3, 0.4) is 0 Å². The number of rotatable bonds is 2. The minimum absolute atomic E-state index is 0.0737. The fraction of sp³-hybridized carbons (Fsp3) is 0.174. The van der Waals surface area contributed by atoms with E-state index in [1.54, 1.807) is 6.07 Å². The molecule has 28 heavy (non-hydrogen) atoms. The maximum Gasteiger partial charge on any atom is 0.217 e. The molecule has 0 saturated carbocycles. The van der Waals surface area contributed by atoms with Crippen molar-refractivity contribution in [2.75, 3.05) is 0 Å². The summed E-state index contributed by atoms with van der Waals surface area (Å²) in [4.78, 5) is 0. The summed E-state index contributed by atoms with van der Waals surface area (Å²) >= 11 is 3.50. The second kappa shape index (κ2) is 6.67. The predicted octanol–water partition coefficient (Wildman–Crippen LogP) is 5.71. The van der Waals surface area contributed by atoms with E-state index in [9.17, 15) is 5.11 Å². The minimum atomic E-state index is -0.486. The van der Waals surface area contributed by atoms with Crippen molar-refractivity contribution in [3.05, 3.63) is 93.5 Å². The third-order valence-corrected chi connectivity index (χ3v) is 5.83. The Morgan fingerprint density at radius 1 is 1.04 bits per heavy atom. The van der Waals surface area contributed by atoms with Crippen LogP contribution in [0.2, 0.25) is 0 Å². The van der Waals surface area contributed by atoms with Gasteiger partial charge in [0.25, 0.3) is 0 Å². The number of aromatic hydroxyl groups is 1. The van der Waals surface area contributed by atoms with Crippen molar-refractivity contribution >= 4 is 21.6 Å². The Labute approximate surface area is 172 Å². The molecule has 0 amide bonds. The van der Waals surface area contributed by atoms with E-state index in [1.807, 2.05) is 35.3 Å². The Bertz CT molecular complexity index is 1080. The van der Waals surface area contributed by atoms with Crippen LogP contribution in [0.15, 0.2) is 76.3 Å². The summed E-state index contributed by atoms with van der Waals surface area (Å²) in [6.45, 7) is 2.08. The predicted molar refractivity (Wildman–Crippen MR) is 113 cm³/mol. The topological polar surface area (TPSA) is 45.1 Å². The molecule has 0 aromatic heterocycles. The summed E-state index contributed by atoms with van der Waals surface area (Å²) in [6, 6.07) is 22.0. The van der Waals surface area contributed by atoms with Crippen molar-refractivity contribution in [1.82, 2.24) is 5.01 Å². The maximum absolute atomic E-state index is 10.5. The third-order valence-electron chi connectivity index (χ3n) is 5.34. The number of phenols is 1. The lowest BCUT2D eigenvalue weighted by molar-refractivity contribution is -0.0203. The number of nitrogens with zero attached hydrogens (tertiary/aromatic N) is 2. The van der Waals surface area contributed by atoms with Gasteiger partial charge in [-0.05, 0) is 36.8 Å². The average Bonchev–Trinajstić information content (AvgIpc) is 3.15. The Morgan fingerprint density at radius 3 is 2.64 bits per heavy atom. The van der Waals surface area contributed by atoms with Gasteiger partial charge < -0.3 is 9.84 Å². The van der Waals surface area contributed by atoms with E-state index in [-0.39, 0.29) is 11.8 Å². The summed E-state index contributed by atoms with van der Waals surface area (Å²) < 4.78 is 7.20. The van der Waals surface area contributed by atoms with Gasteiger partial charge in [-0.25, -0.2) is 5.01 Å². The quantitative estimate of drug-likeness (QED) is 0.561. The van der Waals surface area contributed by atoms with E-state index in [4.69, 9.17) is 9.84 Å². The summed E-state index contributed by atoms with van der Waals surface area (Å²) in [5, 5.41) is 17.4. The molecule has 1 N–H and O–H groups in total. The van der Waals surface area contributed by atoms with Gasteiger partial charge in [-0.1, -0.05) is 64.0 Å². The Balaban J connectivity index is 1.62. The molecule has 2 heterocycles. The lowest BCUT2D eigenvalue weighted by Crippen LogP contribution is -2.33. The molecule has 3 aromatic rings. The van der Waals surface area contributed by atoms with Gasteiger partial charge in [-0.2, -0.15) is 5.10 Å². The number of ether oxygens (including phenoxy) is 1. The van der Waals surface area contributed by atoms with E-state index in [0.29, 0.717) is 5.56 Å². The van der Waals surface area contributed by atoms with Gasteiger partial charge in [0, 0.05) is 16.5 Å². The van der Waals surface area contributed by atoms with Gasteiger partial charge in [-0.15, -0.1) is 0 Å². The molecule has 2 aliphatic heterocycles. The normalized spacial score (nSPS) is 20.2. The maximum atomic E-state index is 10.5. The van der Waals surface area contributed by atoms with Crippen molar-refractivity contribution < 1.29 is 9.84 Å². The summed E-state index contributed by atoms with van der Waals surface area (Å²) in [5.74, 6) is 1.04. The lowest BCUT2D eigenvalue weighted by atomic mass is 9.95. The number of hydrogen-bond donors (Lipinski definition) is 1. The number of hydrogen-bond acceptors (Lipinski definition) is 4. The van der Waals surface area contributed by atoms with E-state index in [2.05, 4.69) is 53.2 Å². The van der Waals surface area contributed by atoms with Crippen molar-refractivity contribution in [2.45, 2.75) is 25.6 Å². The zero-order valence-corrected chi connectivity index (χ0v) is 16.9. The summed E-state index contributed by atoms with van der Waals surface area (Å²) in [7, 11) is 0. The second-order valence-electron chi connectivity index (χ2n) is 7.22.